The van der Waals surface area contributed by atoms with E-state index in [4.69, 9.17) is 0 Å². The second-order valence-electron chi connectivity index (χ2n) is 5.55. The molecule has 1 aliphatic rings. The van der Waals surface area contributed by atoms with Gasteiger partial charge in [-0.1, -0.05) is 0 Å². The molecule has 0 amide bonds. The van der Waals surface area contributed by atoms with Gasteiger partial charge in [0.1, 0.15) is 4.21 Å². The summed E-state index contributed by atoms with van der Waals surface area (Å²) >= 11 is 1.30. The van der Waals surface area contributed by atoms with Crippen molar-refractivity contribution in [2.75, 3.05) is 32.7 Å². The maximum absolute atomic E-state index is 12.6. The van der Waals surface area contributed by atoms with Gasteiger partial charge in [0.05, 0.1) is 12.2 Å². The molecule has 0 bridgehead atoms. The molecule has 3 heterocycles. The molecule has 124 valence electrons. The normalized spacial score (nSPS) is 17.4. The number of rotatable bonds is 5. The summed E-state index contributed by atoms with van der Waals surface area (Å²) in [5.41, 5.74) is 0.592. The van der Waals surface area contributed by atoms with Crippen molar-refractivity contribution in [3.63, 3.8) is 0 Å². The van der Waals surface area contributed by atoms with Crippen molar-refractivity contribution < 1.29 is 13.2 Å². The molecule has 6 nitrogen and oxygen atoms in total. The molecule has 0 unspecified atom stereocenters. The maximum atomic E-state index is 12.6. The molecule has 2 aromatic heterocycles. The Morgan fingerprint density at radius 1 is 1.22 bits per heavy atom. The molecular weight excluding hydrogens is 334 g/mol. The summed E-state index contributed by atoms with van der Waals surface area (Å²) in [6.07, 6.45) is 1.72. The number of aryl methyl sites for hydroxylation is 1. The van der Waals surface area contributed by atoms with E-state index in [0.29, 0.717) is 42.6 Å². The molecule has 23 heavy (non-hydrogen) atoms. The summed E-state index contributed by atoms with van der Waals surface area (Å²) in [5.74, 6) is 0.0280. The number of carbonyl (C=O) groups is 1. The molecule has 0 radical (unpaired) electrons. The molecule has 8 heteroatoms. The number of Topliss-reactive ketones (excluding diaryl/α,β-unsaturated/α-hetero) is 1. The minimum absolute atomic E-state index is 0.0280. The van der Waals surface area contributed by atoms with Crippen LogP contribution in [-0.4, -0.2) is 61.1 Å². The average Bonchev–Trinajstić information content (AvgIpc) is 3.19. The summed E-state index contributed by atoms with van der Waals surface area (Å²) in [7, 11) is -3.40. The van der Waals surface area contributed by atoms with Crippen LogP contribution in [0.5, 0.6) is 0 Å². The van der Waals surface area contributed by atoms with E-state index < -0.39 is 10.0 Å². The summed E-state index contributed by atoms with van der Waals surface area (Å²) < 4.78 is 27.0. The van der Waals surface area contributed by atoms with Gasteiger partial charge in [-0.05, 0) is 31.2 Å². The zero-order valence-electron chi connectivity index (χ0n) is 12.9. The largest absolute Gasteiger partial charge is 0.359 e. The van der Waals surface area contributed by atoms with Crippen molar-refractivity contribution in [3.05, 3.63) is 41.0 Å². The molecule has 0 spiro atoms. The van der Waals surface area contributed by atoms with Crippen molar-refractivity contribution >= 4 is 27.1 Å². The highest BCUT2D eigenvalue weighted by Gasteiger charge is 2.30. The first-order valence-corrected chi connectivity index (χ1v) is 9.68. The number of thiophene rings is 1. The number of nitrogens with zero attached hydrogens (tertiary/aromatic N) is 2. The van der Waals surface area contributed by atoms with E-state index in [1.807, 2.05) is 17.9 Å². The minimum Gasteiger partial charge on any atom is -0.359 e. The van der Waals surface area contributed by atoms with Gasteiger partial charge in [-0.15, -0.1) is 11.3 Å². The highest BCUT2D eigenvalue weighted by molar-refractivity contribution is 7.91. The molecule has 3 rings (SSSR count). The van der Waals surface area contributed by atoms with Crippen LogP contribution >= 0.6 is 11.3 Å². The van der Waals surface area contributed by atoms with Gasteiger partial charge in [-0.3, -0.25) is 9.69 Å². The molecule has 0 aliphatic carbocycles. The second kappa shape index (κ2) is 6.56. The third-order valence-electron chi connectivity index (χ3n) is 3.91. The molecule has 1 fully saturated rings. The zero-order chi connectivity index (χ0) is 16.4. The Morgan fingerprint density at radius 2 is 1.96 bits per heavy atom. The van der Waals surface area contributed by atoms with Crippen LogP contribution in [0.4, 0.5) is 0 Å². The van der Waals surface area contributed by atoms with Gasteiger partial charge < -0.3 is 4.98 Å². The summed E-state index contributed by atoms with van der Waals surface area (Å²) in [4.78, 5) is 18.0. The number of aromatic nitrogens is 1. The van der Waals surface area contributed by atoms with Gasteiger partial charge >= 0.3 is 0 Å². The van der Waals surface area contributed by atoms with Crippen molar-refractivity contribution in [2.45, 2.75) is 11.1 Å². The minimum atomic E-state index is -3.40. The summed E-state index contributed by atoms with van der Waals surface area (Å²) in [6, 6.07) is 7.03. The van der Waals surface area contributed by atoms with Gasteiger partial charge in [0.2, 0.25) is 0 Å². The Morgan fingerprint density at radius 3 is 2.52 bits per heavy atom. The van der Waals surface area contributed by atoms with Gasteiger partial charge in [-0.2, -0.15) is 4.31 Å². The van der Waals surface area contributed by atoms with E-state index in [-0.39, 0.29) is 5.78 Å². The predicted octanol–water partition coefficient (Wildman–Crippen LogP) is 1.57. The highest BCUT2D eigenvalue weighted by atomic mass is 32.2. The van der Waals surface area contributed by atoms with Crippen molar-refractivity contribution in [3.8, 4) is 0 Å². The summed E-state index contributed by atoms with van der Waals surface area (Å²) in [5, 5.41) is 0. The third-order valence-corrected chi connectivity index (χ3v) is 7.27. The standard InChI is InChI=1S/C15H19N3O3S2/c1-12-4-5-15(22-12)23(20,21)18-9-7-17(8-10-18)11-14(19)13-3-2-6-16-13/h2-6,16H,7-11H2,1H3. The third kappa shape index (κ3) is 3.55. The number of ketones is 1. The first kappa shape index (κ1) is 16.4. The van der Waals surface area contributed by atoms with Gasteiger partial charge in [-0.25, -0.2) is 8.42 Å². The van der Waals surface area contributed by atoms with Crippen molar-refractivity contribution in [1.82, 2.24) is 14.2 Å². The van der Waals surface area contributed by atoms with E-state index in [1.54, 1.807) is 24.4 Å². The zero-order valence-corrected chi connectivity index (χ0v) is 14.5. The number of carbonyl (C=O) groups excluding carboxylic acids is 1. The fraction of sp³-hybridized carbons (Fsp3) is 0.400. The number of hydrogen-bond acceptors (Lipinski definition) is 5. The van der Waals surface area contributed by atoms with E-state index in [9.17, 15) is 13.2 Å². The number of sulfonamides is 1. The second-order valence-corrected chi connectivity index (χ2v) is 9.00. The molecule has 0 atom stereocenters. The van der Waals surface area contributed by atoms with Crippen LogP contribution in [0, 0.1) is 6.92 Å². The molecule has 0 saturated carbocycles. The van der Waals surface area contributed by atoms with Gasteiger partial charge in [0, 0.05) is 37.3 Å². The lowest BCUT2D eigenvalue weighted by Crippen LogP contribution is -2.49. The highest BCUT2D eigenvalue weighted by Crippen LogP contribution is 2.25. The fourth-order valence-corrected chi connectivity index (χ4v) is 5.46. The SMILES string of the molecule is Cc1ccc(S(=O)(=O)N2CCN(CC(=O)c3ccc[nH]3)CC2)s1. The van der Waals surface area contributed by atoms with E-state index in [2.05, 4.69) is 4.98 Å². The van der Waals surface area contributed by atoms with Crippen LogP contribution in [0.25, 0.3) is 0 Å². The molecule has 0 aromatic carbocycles. The Labute approximate surface area is 139 Å². The molecule has 1 N–H and O–H groups in total. The van der Waals surface area contributed by atoms with Crippen LogP contribution in [0.15, 0.2) is 34.7 Å². The lowest BCUT2D eigenvalue weighted by atomic mass is 10.2. The maximum Gasteiger partial charge on any atom is 0.252 e. The van der Waals surface area contributed by atoms with E-state index >= 15 is 0 Å². The number of aromatic amines is 1. The lowest BCUT2D eigenvalue weighted by molar-refractivity contribution is 0.0897. The molecule has 2 aromatic rings. The molecular formula is C15H19N3O3S2. The number of piperazine rings is 1. The number of nitrogens with one attached hydrogen (secondary N) is 1. The Balaban J connectivity index is 1.59. The number of H-pyrrole nitrogens is 1. The van der Waals surface area contributed by atoms with Crippen LogP contribution < -0.4 is 0 Å². The van der Waals surface area contributed by atoms with Gasteiger partial charge in [0.15, 0.2) is 5.78 Å². The monoisotopic (exact) mass is 353 g/mol. The average molecular weight is 353 g/mol. The van der Waals surface area contributed by atoms with Crippen molar-refractivity contribution in [1.29, 1.82) is 0 Å². The van der Waals surface area contributed by atoms with E-state index in [0.717, 1.165) is 4.88 Å². The van der Waals surface area contributed by atoms with Crippen LogP contribution in [0.3, 0.4) is 0 Å². The predicted molar refractivity (Wildman–Crippen MR) is 89.4 cm³/mol. The molecule has 1 aliphatic heterocycles. The van der Waals surface area contributed by atoms with Crippen molar-refractivity contribution in [2.24, 2.45) is 0 Å². The Hall–Kier alpha value is -1.48. The van der Waals surface area contributed by atoms with E-state index in [1.165, 1.54) is 15.6 Å². The Kier molecular flexibility index (Phi) is 4.67. The fourth-order valence-electron chi connectivity index (χ4n) is 2.60. The summed E-state index contributed by atoms with van der Waals surface area (Å²) in [6.45, 7) is 4.17. The van der Waals surface area contributed by atoms with Crippen LogP contribution in [0.2, 0.25) is 0 Å². The van der Waals surface area contributed by atoms with Crippen LogP contribution in [0.1, 0.15) is 15.4 Å². The first-order chi connectivity index (χ1) is 11.0. The first-order valence-electron chi connectivity index (χ1n) is 7.42. The van der Waals surface area contributed by atoms with Crippen LogP contribution in [-0.2, 0) is 10.0 Å². The Bertz CT molecular complexity index is 773. The number of hydrogen-bond donors (Lipinski definition) is 1. The lowest BCUT2D eigenvalue weighted by Gasteiger charge is -2.33. The van der Waals surface area contributed by atoms with Gasteiger partial charge in [0.25, 0.3) is 10.0 Å². The smallest absolute Gasteiger partial charge is 0.252 e. The topological polar surface area (TPSA) is 73.5 Å². The quantitative estimate of drug-likeness (QED) is 0.828. The molecule has 1 saturated heterocycles.